The van der Waals surface area contributed by atoms with Crippen molar-refractivity contribution in [2.45, 2.75) is 426 Å². The molecular weight excluding hydrogens is 1270 g/mol. The van der Waals surface area contributed by atoms with Crippen molar-refractivity contribution in [1.29, 1.82) is 0 Å². The summed E-state index contributed by atoms with van der Waals surface area (Å²) in [5.74, 6) is -0.599. The molecule has 0 rings (SSSR count). The van der Waals surface area contributed by atoms with Crippen molar-refractivity contribution >= 4 is 39.5 Å². The molecule has 0 aromatic carbocycles. The molecule has 0 bridgehead atoms. The Morgan fingerprint density at radius 2 is 0.474 bits per heavy atom. The highest BCUT2D eigenvalue weighted by molar-refractivity contribution is 7.47. The quantitative estimate of drug-likeness (QED) is 0.0222. The van der Waals surface area contributed by atoms with Gasteiger partial charge in [-0.05, 0) is 37.5 Å². The van der Waals surface area contributed by atoms with Gasteiger partial charge in [-0.1, -0.05) is 356 Å². The number of esters is 4. The maximum atomic E-state index is 13.1. The number of phosphoric ester groups is 2. The Morgan fingerprint density at radius 3 is 0.701 bits per heavy atom. The van der Waals surface area contributed by atoms with E-state index in [1.807, 2.05) is 0 Å². The third-order valence-corrected chi connectivity index (χ3v) is 20.1. The van der Waals surface area contributed by atoms with E-state index in [0.29, 0.717) is 31.6 Å². The van der Waals surface area contributed by atoms with E-state index in [4.69, 9.17) is 37.0 Å². The van der Waals surface area contributed by atoms with Crippen LogP contribution in [0.3, 0.4) is 0 Å². The molecule has 0 aliphatic carbocycles. The molecule has 5 atom stereocenters. The number of carbonyl (C=O) groups is 4. The normalized spacial score (nSPS) is 14.0. The first-order chi connectivity index (χ1) is 46.9. The summed E-state index contributed by atoms with van der Waals surface area (Å²) in [5, 5.41) is 10.6. The molecule has 3 N–H and O–H groups in total. The van der Waals surface area contributed by atoms with Gasteiger partial charge in [0.2, 0.25) is 0 Å². The minimum absolute atomic E-state index is 0.104. The van der Waals surface area contributed by atoms with Gasteiger partial charge in [0.1, 0.15) is 19.3 Å². The van der Waals surface area contributed by atoms with Crippen molar-refractivity contribution < 1.29 is 80.2 Å². The first kappa shape index (κ1) is 95.1. The largest absolute Gasteiger partial charge is 0.472 e. The number of aliphatic hydroxyl groups is 1. The Morgan fingerprint density at radius 1 is 0.278 bits per heavy atom. The van der Waals surface area contributed by atoms with Crippen LogP contribution in [-0.4, -0.2) is 96.7 Å². The molecule has 0 amide bonds. The Balaban J connectivity index is 5.19. The van der Waals surface area contributed by atoms with Crippen LogP contribution in [0.1, 0.15) is 408 Å². The number of ether oxygens (including phenoxy) is 4. The number of hydrogen-bond donors (Lipinski definition) is 3. The molecule has 576 valence electrons. The zero-order valence-electron chi connectivity index (χ0n) is 63.4. The lowest BCUT2D eigenvalue weighted by molar-refractivity contribution is -0.161. The Hall–Kier alpha value is -1.94. The number of hydrogen-bond acceptors (Lipinski definition) is 15. The molecule has 0 heterocycles. The van der Waals surface area contributed by atoms with E-state index in [9.17, 15) is 43.2 Å². The molecule has 0 aromatic heterocycles. The molecule has 0 aliphatic heterocycles. The lowest BCUT2D eigenvalue weighted by Gasteiger charge is -2.21. The fourth-order valence-corrected chi connectivity index (χ4v) is 13.6. The van der Waals surface area contributed by atoms with Crippen molar-refractivity contribution in [1.82, 2.24) is 0 Å². The standard InChI is InChI=1S/C78H152O17P2/c1-7-9-11-13-15-17-19-20-21-27-30-33-37-43-49-55-61-76(81)89-66-73(94-77(82)62-56-50-44-38-34-31-28-25-23-22-24-26-29-32-35-40-46-52-58-70(3)4)68-92-96(84,85)90-64-72(79)65-91-97(86,87)93-69-74(95-78(83)63-57-51-45-39-41-47-53-59-71(5)6)67-88-75(80)60-54-48-42-36-18-16-14-12-10-8-2/h70-74,79H,7-69H2,1-6H3,(H,84,85)(H,86,87)/t72-,73-,74-/m1/s1. The minimum atomic E-state index is -4.96. The van der Waals surface area contributed by atoms with E-state index < -0.39 is 97.5 Å². The van der Waals surface area contributed by atoms with E-state index in [0.717, 1.165) is 95.8 Å². The lowest BCUT2D eigenvalue weighted by Crippen LogP contribution is -2.30. The minimum Gasteiger partial charge on any atom is -0.462 e. The summed E-state index contributed by atoms with van der Waals surface area (Å²) >= 11 is 0. The van der Waals surface area contributed by atoms with E-state index >= 15 is 0 Å². The van der Waals surface area contributed by atoms with Crippen molar-refractivity contribution in [2.75, 3.05) is 39.6 Å². The second-order valence-corrected chi connectivity index (χ2v) is 32.0. The van der Waals surface area contributed by atoms with Crippen LogP contribution in [0.25, 0.3) is 0 Å². The maximum Gasteiger partial charge on any atom is 0.472 e. The highest BCUT2D eigenvalue weighted by Gasteiger charge is 2.30. The van der Waals surface area contributed by atoms with Crippen molar-refractivity contribution in [3.63, 3.8) is 0 Å². The van der Waals surface area contributed by atoms with Gasteiger partial charge >= 0.3 is 39.5 Å². The molecule has 0 saturated heterocycles. The van der Waals surface area contributed by atoms with Gasteiger partial charge in [0.15, 0.2) is 12.2 Å². The summed E-state index contributed by atoms with van der Waals surface area (Å²) in [6.07, 6.45) is 58.4. The summed E-state index contributed by atoms with van der Waals surface area (Å²) < 4.78 is 68.5. The van der Waals surface area contributed by atoms with Crippen LogP contribution in [0.15, 0.2) is 0 Å². The van der Waals surface area contributed by atoms with Crippen LogP contribution in [0, 0.1) is 11.8 Å². The van der Waals surface area contributed by atoms with Gasteiger partial charge < -0.3 is 33.8 Å². The average Bonchev–Trinajstić information content (AvgIpc) is 1.45. The molecule has 0 aromatic rings. The highest BCUT2D eigenvalue weighted by atomic mass is 31.2. The highest BCUT2D eigenvalue weighted by Crippen LogP contribution is 2.45. The Labute approximate surface area is 594 Å². The fourth-order valence-electron chi connectivity index (χ4n) is 12.0. The zero-order valence-corrected chi connectivity index (χ0v) is 65.2. The molecule has 17 nitrogen and oxygen atoms in total. The third-order valence-electron chi connectivity index (χ3n) is 18.2. The summed E-state index contributed by atoms with van der Waals surface area (Å²) in [5.41, 5.74) is 0. The number of rotatable bonds is 77. The van der Waals surface area contributed by atoms with Gasteiger partial charge in [0.25, 0.3) is 0 Å². The molecule has 0 radical (unpaired) electrons. The van der Waals surface area contributed by atoms with Crippen LogP contribution in [0.5, 0.6) is 0 Å². The van der Waals surface area contributed by atoms with Crippen molar-refractivity contribution in [3.05, 3.63) is 0 Å². The molecule has 2 unspecified atom stereocenters. The molecule has 97 heavy (non-hydrogen) atoms. The van der Waals surface area contributed by atoms with Crippen LogP contribution >= 0.6 is 15.6 Å². The summed E-state index contributed by atoms with van der Waals surface area (Å²) in [4.78, 5) is 72.8. The molecule has 0 spiro atoms. The predicted octanol–water partition coefficient (Wildman–Crippen LogP) is 23.1. The topological polar surface area (TPSA) is 237 Å². The number of carbonyl (C=O) groups excluding carboxylic acids is 4. The first-order valence-corrected chi connectivity index (χ1v) is 43.5. The third kappa shape index (κ3) is 72.2. The summed E-state index contributed by atoms with van der Waals surface area (Å²) in [6, 6.07) is 0. The summed E-state index contributed by atoms with van der Waals surface area (Å²) in [7, 11) is -9.91. The van der Waals surface area contributed by atoms with Gasteiger partial charge in [0, 0.05) is 25.7 Å². The van der Waals surface area contributed by atoms with E-state index in [1.165, 1.54) is 225 Å². The molecule has 0 fully saturated rings. The van der Waals surface area contributed by atoms with Gasteiger partial charge in [0.05, 0.1) is 26.4 Å². The second-order valence-electron chi connectivity index (χ2n) is 29.1. The fraction of sp³-hybridized carbons (Fsp3) is 0.949. The smallest absolute Gasteiger partial charge is 0.462 e. The Kier molecular flexibility index (Phi) is 68.4. The van der Waals surface area contributed by atoms with Crippen molar-refractivity contribution in [2.24, 2.45) is 11.8 Å². The van der Waals surface area contributed by atoms with Crippen LogP contribution in [-0.2, 0) is 65.4 Å². The zero-order chi connectivity index (χ0) is 71.4. The predicted molar refractivity (Wildman–Crippen MR) is 395 cm³/mol. The number of phosphoric acid groups is 2. The van der Waals surface area contributed by atoms with Gasteiger partial charge in [-0.15, -0.1) is 0 Å². The molecule has 19 heteroatoms. The van der Waals surface area contributed by atoms with Crippen LogP contribution in [0.4, 0.5) is 0 Å². The van der Waals surface area contributed by atoms with Gasteiger partial charge in [-0.2, -0.15) is 0 Å². The van der Waals surface area contributed by atoms with Gasteiger partial charge in [-0.3, -0.25) is 37.3 Å². The monoisotopic (exact) mass is 1420 g/mol. The summed E-state index contributed by atoms with van der Waals surface area (Å²) in [6.45, 7) is 9.57. The Bertz CT molecular complexity index is 1870. The molecular formula is C78H152O17P2. The van der Waals surface area contributed by atoms with Gasteiger partial charge in [-0.25, -0.2) is 9.13 Å². The van der Waals surface area contributed by atoms with Crippen LogP contribution in [0.2, 0.25) is 0 Å². The SMILES string of the molecule is CCCCCCCCCCCCCCCCCCC(=O)OC[C@H](COP(=O)(O)OC[C@@H](O)COP(=O)(O)OC[C@@H](COC(=O)CCCCCCCCCCCC)OC(=O)CCCCCCCCCC(C)C)OC(=O)CCCCCCCCCCCCCCCCCCCCC(C)C. The number of unbranched alkanes of at least 4 members (excludes halogenated alkanes) is 47. The first-order valence-electron chi connectivity index (χ1n) is 40.5. The van der Waals surface area contributed by atoms with E-state index in [1.54, 1.807) is 0 Å². The number of aliphatic hydroxyl groups excluding tert-OH is 1. The maximum absolute atomic E-state index is 13.1. The lowest BCUT2D eigenvalue weighted by atomic mass is 10.0. The van der Waals surface area contributed by atoms with E-state index in [2.05, 4.69) is 41.5 Å². The van der Waals surface area contributed by atoms with Crippen LogP contribution < -0.4 is 0 Å². The molecule has 0 saturated carbocycles. The average molecular weight is 1420 g/mol. The second kappa shape index (κ2) is 69.8. The van der Waals surface area contributed by atoms with E-state index in [-0.39, 0.29) is 25.7 Å². The molecule has 0 aliphatic rings. The van der Waals surface area contributed by atoms with Crippen molar-refractivity contribution in [3.8, 4) is 0 Å².